The van der Waals surface area contributed by atoms with Gasteiger partial charge in [-0.15, -0.1) is 10.2 Å². The molecule has 0 atom stereocenters. The highest BCUT2D eigenvalue weighted by Crippen LogP contribution is 2.04. The molecule has 0 unspecified atom stereocenters. The fourth-order valence-electron chi connectivity index (χ4n) is 1.08. The predicted octanol–water partition coefficient (Wildman–Crippen LogP) is 0.0731. The van der Waals surface area contributed by atoms with Crippen molar-refractivity contribution in [2.45, 2.75) is 0 Å². The van der Waals surface area contributed by atoms with Crippen LogP contribution in [-0.2, 0) is 0 Å². The standard InChI is InChI=1S/C9H7N3O/c13-6-2-4-8-3-1-5-12-7-10-11-9(8)12/h1,3,5,7,13H,6H2. The number of fused-ring (bicyclic) bond motifs is 1. The number of aliphatic hydroxyl groups is 1. The van der Waals surface area contributed by atoms with E-state index in [1.165, 1.54) is 0 Å². The minimum atomic E-state index is -0.144. The van der Waals surface area contributed by atoms with E-state index in [1.54, 1.807) is 10.7 Å². The minimum absolute atomic E-state index is 0.144. The van der Waals surface area contributed by atoms with Crippen LogP contribution in [0.4, 0.5) is 0 Å². The van der Waals surface area contributed by atoms with Crippen LogP contribution in [0.25, 0.3) is 5.65 Å². The van der Waals surface area contributed by atoms with Crippen LogP contribution in [0, 0.1) is 11.8 Å². The molecule has 0 aliphatic heterocycles. The van der Waals surface area contributed by atoms with E-state index in [4.69, 9.17) is 5.11 Å². The van der Waals surface area contributed by atoms with Gasteiger partial charge in [-0.2, -0.15) is 0 Å². The van der Waals surface area contributed by atoms with Gasteiger partial charge in [-0.25, -0.2) is 0 Å². The van der Waals surface area contributed by atoms with Gasteiger partial charge in [0.1, 0.15) is 12.9 Å². The van der Waals surface area contributed by atoms with Crippen LogP contribution >= 0.6 is 0 Å². The van der Waals surface area contributed by atoms with Crippen molar-refractivity contribution in [1.29, 1.82) is 0 Å². The Morgan fingerprint density at radius 3 is 3.31 bits per heavy atom. The Balaban J connectivity index is 2.61. The molecule has 0 bridgehead atoms. The maximum absolute atomic E-state index is 8.53. The first-order valence-electron chi connectivity index (χ1n) is 3.80. The number of aromatic nitrogens is 3. The quantitative estimate of drug-likeness (QED) is 0.574. The zero-order valence-electron chi connectivity index (χ0n) is 6.81. The summed E-state index contributed by atoms with van der Waals surface area (Å²) < 4.78 is 1.78. The topological polar surface area (TPSA) is 50.4 Å². The summed E-state index contributed by atoms with van der Waals surface area (Å²) in [4.78, 5) is 0. The highest BCUT2D eigenvalue weighted by atomic mass is 16.2. The van der Waals surface area contributed by atoms with Crippen molar-refractivity contribution < 1.29 is 5.11 Å². The Morgan fingerprint density at radius 1 is 1.54 bits per heavy atom. The molecule has 1 N–H and O–H groups in total. The maximum Gasteiger partial charge on any atom is 0.176 e. The lowest BCUT2D eigenvalue weighted by Crippen LogP contribution is -1.86. The van der Waals surface area contributed by atoms with E-state index >= 15 is 0 Å². The van der Waals surface area contributed by atoms with Crippen molar-refractivity contribution in [3.8, 4) is 11.8 Å². The van der Waals surface area contributed by atoms with Crippen LogP contribution < -0.4 is 0 Å². The van der Waals surface area contributed by atoms with Gasteiger partial charge in [0.2, 0.25) is 0 Å². The number of pyridine rings is 1. The molecule has 0 amide bonds. The summed E-state index contributed by atoms with van der Waals surface area (Å²) in [6.45, 7) is -0.144. The Bertz CT molecular complexity index is 478. The molecule has 4 nitrogen and oxygen atoms in total. The molecule has 0 spiro atoms. The molecule has 0 saturated carbocycles. The molecule has 0 saturated heterocycles. The van der Waals surface area contributed by atoms with Crippen LogP contribution in [0.5, 0.6) is 0 Å². The molecular formula is C9H7N3O. The van der Waals surface area contributed by atoms with E-state index in [0.717, 1.165) is 5.56 Å². The van der Waals surface area contributed by atoms with Crippen LogP contribution in [0.2, 0.25) is 0 Å². The van der Waals surface area contributed by atoms with Gasteiger partial charge in [0.15, 0.2) is 5.65 Å². The first kappa shape index (κ1) is 7.77. The van der Waals surface area contributed by atoms with E-state index in [9.17, 15) is 0 Å². The fourth-order valence-corrected chi connectivity index (χ4v) is 1.08. The Labute approximate surface area is 74.8 Å². The number of hydrogen-bond acceptors (Lipinski definition) is 3. The van der Waals surface area contributed by atoms with Gasteiger partial charge < -0.3 is 5.11 Å². The second kappa shape index (κ2) is 3.25. The third-order valence-corrected chi connectivity index (χ3v) is 1.63. The Hall–Kier alpha value is -1.86. The molecule has 2 aromatic heterocycles. The minimum Gasteiger partial charge on any atom is -0.384 e. The monoisotopic (exact) mass is 173 g/mol. The van der Waals surface area contributed by atoms with Gasteiger partial charge in [-0.1, -0.05) is 11.8 Å². The zero-order valence-corrected chi connectivity index (χ0v) is 6.81. The van der Waals surface area contributed by atoms with E-state index in [2.05, 4.69) is 22.0 Å². The van der Waals surface area contributed by atoms with Gasteiger partial charge in [-0.3, -0.25) is 4.40 Å². The van der Waals surface area contributed by atoms with Crippen molar-refractivity contribution in [3.05, 3.63) is 30.2 Å². The molecule has 2 rings (SSSR count). The second-order valence-corrected chi connectivity index (χ2v) is 2.44. The zero-order chi connectivity index (χ0) is 9.10. The lowest BCUT2D eigenvalue weighted by atomic mass is 10.3. The van der Waals surface area contributed by atoms with Crippen LogP contribution in [0.15, 0.2) is 24.7 Å². The van der Waals surface area contributed by atoms with Crippen molar-refractivity contribution in [2.24, 2.45) is 0 Å². The third-order valence-electron chi connectivity index (χ3n) is 1.63. The summed E-state index contributed by atoms with van der Waals surface area (Å²) in [5.41, 5.74) is 1.48. The molecule has 4 heteroatoms. The van der Waals surface area contributed by atoms with Crippen molar-refractivity contribution >= 4 is 5.65 Å². The van der Waals surface area contributed by atoms with Gasteiger partial charge >= 0.3 is 0 Å². The highest BCUT2D eigenvalue weighted by molar-refractivity contribution is 5.55. The summed E-state index contributed by atoms with van der Waals surface area (Å²) in [6, 6.07) is 3.70. The number of rotatable bonds is 0. The molecule has 0 aliphatic rings. The lowest BCUT2D eigenvalue weighted by molar-refractivity contribution is 0.350. The molecule has 0 aromatic carbocycles. The van der Waals surface area contributed by atoms with Crippen molar-refractivity contribution in [1.82, 2.24) is 14.6 Å². The van der Waals surface area contributed by atoms with Crippen molar-refractivity contribution in [3.63, 3.8) is 0 Å². The van der Waals surface area contributed by atoms with E-state index < -0.39 is 0 Å². The fraction of sp³-hybridized carbons (Fsp3) is 0.111. The largest absolute Gasteiger partial charge is 0.384 e. The smallest absolute Gasteiger partial charge is 0.176 e. The van der Waals surface area contributed by atoms with Crippen LogP contribution in [0.1, 0.15) is 5.56 Å². The SMILES string of the molecule is OCC#Cc1cccn2cnnc12. The molecular weight excluding hydrogens is 166 g/mol. The van der Waals surface area contributed by atoms with Gasteiger partial charge in [0, 0.05) is 6.20 Å². The molecule has 0 aliphatic carbocycles. The normalized spacial score (nSPS) is 9.62. The molecule has 64 valence electrons. The second-order valence-electron chi connectivity index (χ2n) is 2.44. The molecule has 13 heavy (non-hydrogen) atoms. The van der Waals surface area contributed by atoms with Gasteiger partial charge in [0.25, 0.3) is 0 Å². The average molecular weight is 173 g/mol. The summed E-state index contributed by atoms with van der Waals surface area (Å²) in [7, 11) is 0. The van der Waals surface area contributed by atoms with Crippen LogP contribution in [-0.4, -0.2) is 26.3 Å². The van der Waals surface area contributed by atoms with Gasteiger partial charge in [-0.05, 0) is 12.1 Å². The summed E-state index contributed by atoms with van der Waals surface area (Å²) in [5.74, 6) is 5.37. The van der Waals surface area contributed by atoms with E-state index in [-0.39, 0.29) is 6.61 Å². The summed E-state index contributed by atoms with van der Waals surface area (Å²) >= 11 is 0. The number of nitrogens with zero attached hydrogens (tertiary/aromatic N) is 3. The molecule has 0 radical (unpaired) electrons. The van der Waals surface area contributed by atoms with E-state index in [0.29, 0.717) is 5.65 Å². The predicted molar refractivity (Wildman–Crippen MR) is 47.0 cm³/mol. The first-order chi connectivity index (χ1) is 6.42. The maximum atomic E-state index is 8.53. The van der Waals surface area contributed by atoms with E-state index in [1.807, 2.05) is 18.3 Å². The average Bonchev–Trinajstić information content (AvgIpc) is 2.62. The van der Waals surface area contributed by atoms with Gasteiger partial charge in [0.05, 0.1) is 5.56 Å². The number of hydrogen-bond donors (Lipinski definition) is 1. The first-order valence-corrected chi connectivity index (χ1v) is 3.80. The Morgan fingerprint density at radius 2 is 2.46 bits per heavy atom. The third kappa shape index (κ3) is 1.37. The number of aliphatic hydroxyl groups excluding tert-OH is 1. The van der Waals surface area contributed by atoms with Crippen molar-refractivity contribution in [2.75, 3.05) is 6.61 Å². The molecule has 2 heterocycles. The lowest BCUT2D eigenvalue weighted by Gasteiger charge is -1.92. The Kier molecular flexibility index (Phi) is 1.94. The summed E-state index contributed by atoms with van der Waals surface area (Å²) in [6.07, 6.45) is 3.46. The summed E-state index contributed by atoms with van der Waals surface area (Å²) in [5, 5.41) is 16.2. The highest BCUT2D eigenvalue weighted by Gasteiger charge is 1.98. The molecule has 0 fully saturated rings. The van der Waals surface area contributed by atoms with Crippen LogP contribution in [0.3, 0.4) is 0 Å². The molecule has 2 aromatic rings.